The SMILES string of the molecule is O=[N+]([O-])c1ccccc1[C@H](O)CCl. The van der Waals surface area contributed by atoms with Gasteiger partial charge >= 0.3 is 0 Å². The molecule has 1 aromatic rings. The number of halogens is 1. The molecule has 13 heavy (non-hydrogen) atoms. The van der Waals surface area contributed by atoms with Crippen molar-refractivity contribution in [1.82, 2.24) is 0 Å². The second-order valence-corrected chi connectivity index (χ2v) is 2.79. The monoisotopic (exact) mass is 201 g/mol. The third-order valence-corrected chi connectivity index (χ3v) is 1.93. The van der Waals surface area contributed by atoms with Crippen LogP contribution in [0, 0.1) is 10.1 Å². The highest BCUT2D eigenvalue weighted by molar-refractivity contribution is 6.18. The molecule has 0 saturated carbocycles. The third kappa shape index (κ3) is 2.17. The summed E-state index contributed by atoms with van der Waals surface area (Å²) < 4.78 is 0. The molecule has 0 bridgehead atoms. The van der Waals surface area contributed by atoms with Crippen LogP contribution >= 0.6 is 11.6 Å². The smallest absolute Gasteiger partial charge is 0.275 e. The Balaban J connectivity index is 3.11. The zero-order valence-corrected chi connectivity index (χ0v) is 7.44. The fourth-order valence-corrected chi connectivity index (χ4v) is 1.18. The molecule has 5 heteroatoms. The van der Waals surface area contributed by atoms with E-state index in [-0.39, 0.29) is 17.1 Å². The van der Waals surface area contributed by atoms with E-state index in [2.05, 4.69) is 0 Å². The van der Waals surface area contributed by atoms with E-state index in [0.717, 1.165) is 0 Å². The maximum Gasteiger partial charge on any atom is 0.275 e. The molecule has 0 amide bonds. The normalized spacial score (nSPS) is 12.5. The maximum absolute atomic E-state index is 10.5. The molecule has 70 valence electrons. The van der Waals surface area contributed by atoms with E-state index in [4.69, 9.17) is 11.6 Å². The molecule has 0 aliphatic heterocycles. The average molecular weight is 202 g/mol. The van der Waals surface area contributed by atoms with Crippen LogP contribution in [0.1, 0.15) is 11.7 Å². The molecule has 1 aromatic carbocycles. The topological polar surface area (TPSA) is 63.4 Å². The number of nitro benzene ring substituents is 1. The number of nitro groups is 1. The van der Waals surface area contributed by atoms with E-state index >= 15 is 0 Å². The minimum Gasteiger partial charge on any atom is -0.387 e. The molecule has 1 atom stereocenters. The van der Waals surface area contributed by atoms with E-state index < -0.39 is 11.0 Å². The van der Waals surface area contributed by atoms with Gasteiger partial charge in [0.05, 0.1) is 22.5 Å². The molecule has 0 saturated heterocycles. The van der Waals surface area contributed by atoms with Gasteiger partial charge < -0.3 is 5.11 Å². The molecule has 1 rings (SSSR count). The number of benzene rings is 1. The van der Waals surface area contributed by atoms with E-state index in [9.17, 15) is 15.2 Å². The first kappa shape index (κ1) is 9.95. The van der Waals surface area contributed by atoms with Crippen molar-refractivity contribution in [3.63, 3.8) is 0 Å². The zero-order valence-electron chi connectivity index (χ0n) is 6.68. The van der Waals surface area contributed by atoms with Crippen LogP contribution in [0.3, 0.4) is 0 Å². The number of para-hydroxylation sites is 1. The fraction of sp³-hybridized carbons (Fsp3) is 0.250. The summed E-state index contributed by atoms with van der Waals surface area (Å²) in [5.74, 6) is -0.0507. The van der Waals surface area contributed by atoms with Crippen molar-refractivity contribution in [3.05, 3.63) is 39.9 Å². The highest BCUT2D eigenvalue weighted by Crippen LogP contribution is 2.24. The second-order valence-electron chi connectivity index (χ2n) is 2.49. The lowest BCUT2D eigenvalue weighted by Gasteiger charge is -2.06. The van der Waals surface area contributed by atoms with E-state index in [1.165, 1.54) is 12.1 Å². The number of hydrogen-bond donors (Lipinski definition) is 1. The van der Waals surface area contributed by atoms with E-state index in [0.29, 0.717) is 0 Å². The van der Waals surface area contributed by atoms with Crippen molar-refractivity contribution < 1.29 is 10.0 Å². The number of nitrogens with zero attached hydrogens (tertiary/aromatic N) is 1. The largest absolute Gasteiger partial charge is 0.387 e. The lowest BCUT2D eigenvalue weighted by Crippen LogP contribution is -2.02. The first-order valence-electron chi connectivity index (χ1n) is 3.64. The van der Waals surface area contributed by atoms with Gasteiger partial charge in [0.1, 0.15) is 0 Å². The van der Waals surface area contributed by atoms with Crippen LogP contribution in [0.15, 0.2) is 24.3 Å². The molecule has 0 spiro atoms. The molecule has 1 N–H and O–H groups in total. The van der Waals surface area contributed by atoms with Crippen molar-refractivity contribution in [1.29, 1.82) is 0 Å². The van der Waals surface area contributed by atoms with Crippen molar-refractivity contribution in [3.8, 4) is 0 Å². The summed E-state index contributed by atoms with van der Waals surface area (Å²) in [5.41, 5.74) is 0.151. The van der Waals surface area contributed by atoms with Crippen LogP contribution in [-0.2, 0) is 0 Å². The Hall–Kier alpha value is -1.13. The molecule has 0 unspecified atom stereocenters. The van der Waals surface area contributed by atoms with Gasteiger partial charge in [0.15, 0.2) is 0 Å². The fourth-order valence-electron chi connectivity index (χ4n) is 1.02. The molecule has 0 aromatic heterocycles. The molecule has 0 aliphatic carbocycles. The quantitative estimate of drug-likeness (QED) is 0.461. The van der Waals surface area contributed by atoms with Gasteiger partial charge in [-0.3, -0.25) is 10.1 Å². The third-order valence-electron chi connectivity index (χ3n) is 1.64. The average Bonchev–Trinajstić information content (AvgIpc) is 2.16. The molecule has 0 radical (unpaired) electrons. The number of hydrogen-bond acceptors (Lipinski definition) is 3. The predicted molar refractivity (Wildman–Crippen MR) is 48.8 cm³/mol. The number of alkyl halides is 1. The van der Waals surface area contributed by atoms with Crippen LogP contribution in [0.25, 0.3) is 0 Å². The summed E-state index contributed by atoms with van der Waals surface area (Å²) in [6.07, 6.45) is -0.983. The summed E-state index contributed by atoms with van der Waals surface area (Å²) in [6, 6.07) is 6.00. The van der Waals surface area contributed by atoms with Crippen LogP contribution in [-0.4, -0.2) is 15.9 Å². The van der Waals surface area contributed by atoms with Gasteiger partial charge in [0.2, 0.25) is 0 Å². The zero-order chi connectivity index (χ0) is 9.84. The Kier molecular flexibility index (Phi) is 3.22. The summed E-state index contributed by atoms with van der Waals surface area (Å²) in [6.45, 7) is 0. The lowest BCUT2D eigenvalue weighted by molar-refractivity contribution is -0.386. The van der Waals surface area contributed by atoms with Crippen LogP contribution in [0.5, 0.6) is 0 Å². The van der Waals surface area contributed by atoms with Crippen LogP contribution in [0.2, 0.25) is 0 Å². The van der Waals surface area contributed by atoms with Gasteiger partial charge in [-0.15, -0.1) is 11.6 Å². The Morgan fingerprint density at radius 3 is 2.69 bits per heavy atom. The highest BCUT2D eigenvalue weighted by Gasteiger charge is 2.18. The molecular formula is C8H8ClNO3. The van der Waals surface area contributed by atoms with Gasteiger partial charge in [-0.25, -0.2) is 0 Å². The second kappa shape index (κ2) is 4.20. The summed E-state index contributed by atoms with van der Waals surface area (Å²) in [4.78, 5) is 9.96. The molecule has 0 aliphatic rings. The Bertz CT molecular complexity index is 316. The van der Waals surface area contributed by atoms with E-state index in [1.807, 2.05) is 0 Å². The summed E-state index contributed by atoms with van der Waals surface area (Å²) >= 11 is 5.39. The molecule has 0 heterocycles. The van der Waals surface area contributed by atoms with Crippen molar-refractivity contribution >= 4 is 17.3 Å². The molecular weight excluding hydrogens is 194 g/mol. The number of aliphatic hydroxyl groups excluding tert-OH is 1. The van der Waals surface area contributed by atoms with Gasteiger partial charge in [-0.05, 0) is 6.07 Å². The van der Waals surface area contributed by atoms with Crippen molar-refractivity contribution in [2.24, 2.45) is 0 Å². The van der Waals surface area contributed by atoms with Gasteiger partial charge in [-0.1, -0.05) is 12.1 Å². The Labute approximate surface area is 79.9 Å². The van der Waals surface area contributed by atoms with Gasteiger partial charge in [-0.2, -0.15) is 0 Å². The molecule has 4 nitrogen and oxygen atoms in total. The van der Waals surface area contributed by atoms with E-state index in [1.54, 1.807) is 12.1 Å². The first-order valence-corrected chi connectivity index (χ1v) is 4.17. The minimum atomic E-state index is -0.983. The minimum absolute atomic E-state index is 0.0507. The Morgan fingerprint density at radius 2 is 2.15 bits per heavy atom. The van der Waals surface area contributed by atoms with Crippen molar-refractivity contribution in [2.75, 3.05) is 5.88 Å². The highest BCUT2D eigenvalue weighted by atomic mass is 35.5. The van der Waals surface area contributed by atoms with Crippen LogP contribution in [0.4, 0.5) is 5.69 Å². The van der Waals surface area contributed by atoms with Crippen LogP contribution < -0.4 is 0 Å². The Morgan fingerprint density at radius 1 is 1.54 bits per heavy atom. The first-order chi connectivity index (χ1) is 6.16. The predicted octanol–water partition coefficient (Wildman–Crippen LogP) is 1.87. The van der Waals surface area contributed by atoms with Crippen molar-refractivity contribution in [2.45, 2.75) is 6.10 Å². The summed E-state index contributed by atoms with van der Waals surface area (Å²) in [7, 11) is 0. The maximum atomic E-state index is 10.5. The van der Waals surface area contributed by atoms with Gasteiger partial charge in [0, 0.05) is 6.07 Å². The molecule has 0 fully saturated rings. The lowest BCUT2D eigenvalue weighted by atomic mass is 10.1. The summed E-state index contributed by atoms with van der Waals surface area (Å²) in [5, 5.41) is 19.8. The number of rotatable bonds is 3. The number of aliphatic hydroxyl groups is 1. The standard InChI is InChI=1S/C8H8ClNO3/c9-5-8(11)6-3-1-2-4-7(6)10(12)13/h1-4,8,11H,5H2/t8-/m1/s1. The van der Waals surface area contributed by atoms with Gasteiger partial charge in [0.25, 0.3) is 5.69 Å².